The van der Waals surface area contributed by atoms with Gasteiger partial charge in [0.2, 0.25) is 10.0 Å². The Bertz CT molecular complexity index is 650. The number of nitrogens with two attached hydrogens (primary N) is 1. The molecule has 1 aromatic carbocycles. The molecule has 0 spiro atoms. The number of hydrogen-bond donors (Lipinski definition) is 1. The Labute approximate surface area is 132 Å². The fourth-order valence-corrected chi connectivity index (χ4v) is 4.55. The highest BCUT2D eigenvalue weighted by molar-refractivity contribution is 7.89. The Hall–Kier alpha value is -0.980. The molecule has 0 unspecified atom stereocenters. The zero-order valence-electron chi connectivity index (χ0n) is 12.7. The largest absolute Gasteiger partial charge is 0.389 e. The third-order valence-corrected chi connectivity index (χ3v) is 5.85. The van der Waals surface area contributed by atoms with Crippen LogP contribution < -0.4 is 5.73 Å². The maximum atomic E-state index is 13.0. The van der Waals surface area contributed by atoms with Crippen LogP contribution in [-0.2, 0) is 10.0 Å². The van der Waals surface area contributed by atoms with Gasteiger partial charge < -0.3 is 5.73 Å². The normalized spacial score (nSPS) is 15.7. The predicted octanol–water partition coefficient (Wildman–Crippen LogP) is 2.44. The molecule has 1 saturated carbocycles. The number of nitrogens with zero attached hydrogens (tertiary/aromatic N) is 1. The second kappa shape index (κ2) is 6.02. The van der Waals surface area contributed by atoms with Gasteiger partial charge in [0.25, 0.3) is 0 Å². The van der Waals surface area contributed by atoms with Crippen molar-refractivity contribution in [3.05, 3.63) is 29.3 Å². The van der Waals surface area contributed by atoms with Crippen molar-refractivity contribution < 1.29 is 8.42 Å². The maximum Gasteiger partial charge on any atom is 0.243 e. The Morgan fingerprint density at radius 2 is 2.05 bits per heavy atom. The molecule has 1 aliphatic carbocycles. The van der Waals surface area contributed by atoms with Gasteiger partial charge in [-0.2, -0.15) is 4.31 Å². The summed E-state index contributed by atoms with van der Waals surface area (Å²) in [5, 5.41) is 0. The van der Waals surface area contributed by atoms with E-state index in [-0.39, 0.29) is 11.0 Å². The summed E-state index contributed by atoms with van der Waals surface area (Å²) in [6.07, 6.45) is 1.89. The summed E-state index contributed by atoms with van der Waals surface area (Å²) in [7, 11) is -3.50. The smallest absolute Gasteiger partial charge is 0.243 e. The number of sulfonamides is 1. The van der Waals surface area contributed by atoms with E-state index in [4.69, 9.17) is 18.0 Å². The second-order valence-corrected chi connectivity index (χ2v) is 8.34. The summed E-state index contributed by atoms with van der Waals surface area (Å²) in [6, 6.07) is 5.27. The molecule has 6 heteroatoms. The van der Waals surface area contributed by atoms with Crippen LogP contribution >= 0.6 is 12.2 Å². The lowest BCUT2D eigenvalue weighted by Crippen LogP contribution is -2.36. The first-order chi connectivity index (χ1) is 9.73. The van der Waals surface area contributed by atoms with Gasteiger partial charge in [-0.3, -0.25) is 0 Å². The maximum absolute atomic E-state index is 13.0. The molecule has 0 amide bonds. The number of hydrogen-bond acceptors (Lipinski definition) is 3. The monoisotopic (exact) mass is 326 g/mol. The van der Waals surface area contributed by atoms with Gasteiger partial charge in [0.15, 0.2) is 0 Å². The van der Waals surface area contributed by atoms with Gasteiger partial charge in [0, 0.05) is 18.2 Å². The van der Waals surface area contributed by atoms with Crippen LogP contribution in [0.1, 0.15) is 37.8 Å². The van der Waals surface area contributed by atoms with Crippen molar-refractivity contribution in [3.63, 3.8) is 0 Å². The first-order valence-corrected chi connectivity index (χ1v) is 9.00. The van der Waals surface area contributed by atoms with Crippen molar-refractivity contribution in [2.24, 2.45) is 11.7 Å². The average Bonchev–Trinajstić information content (AvgIpc) is 3.19. The Balaban J connectivity index is 2.46. The van der Waals surface area contributed by atoms with Gasteiger partial charge in [0.05, 0.1) is 4.90 Å². The van der Waals surface area contributed by atoms with E-state index in [2.05, 4.69) is 0 Å². The molecule has 0 radical (unpaired) electrons. The molecule has 1 fully saturated rings. The lowest BCUT2D eigenvalue weighted by atomic mass is 10.1. The molecule has 0 aliphatic heterocycles. The van der Waals surface area contributed by atoms with Crippen LogP contribution in [0.2, 0.25) is 0 Å². The topological polar surface area (TPSA) is 63.4 Å². The predicted molar refractivity (Wildman–Crippen MR) is 88.8 cm³/mol. The first kappa shape index (κ1) is 16.4. The summed E-state index contributed by atoms with van der Waals surface area (Å²) >= 11 is 4.96. The molecule has 1 aromatic rings. The Morgan fingerprint density at radius 1 is 1.43 bits per heavy atom. The van der Waals surface area contributed by atoms with Gasteiger partial charge in [-0.05, 0) is 37.3 Å². The number of rotatable bonds is 6. The minimum Gasteiger partial charge on any atom is -0.389 e. The van der Waals surface area contributed by atoms with Gasteiger partial charge in [-0.25, -0.2) is 8.42 Å². The summed E-state index contributed by atoms with van der Waals surface area (Å²) in [5.41, 5.74) is 6.95. The van der Waals surface area contributed by atoms with E-state index >= 15 is 0 Å². The second-order valence-electron chi connectivity index (χ2n) is 6.04. The number of aryl methyl sites for hydroxylation is 1. The molecule has 2 N–H and O–H groups in total. The minimum atomic E-state index is -3.50. The molecule has 4 nitrogen and oxygen atoms in total. The molecule has 0 aromatic heterocycles. The third kappa shape index (κ3) is 3.62. The zero-order valence-corrected chi connectivity index (χ0v) is 14.3. The molecule has 21 heavy (non-hydrogen) atoms. The van der Waals surface area contributed by atoms with E-state index < -0.39 is 10.0 Å². The highest BCUT2D eigenvalue weighted by Crippen LogP contribution is 2.33. The van der Waals surface area contributed by atoms with Crippen LogP contribution in [0, 0.1) is 12.8 Å². The molecule has 0 saturated heterocycles. The van der Waals surface area contributed by atoms with E-state index in [0.29, 0.717) is 22.9 Å². The van der Waals surface area contributed by atoms with E-state index in [1.165, 1.54) is 0 Å². The standard InChI is InChI=1S/C15H22N2O2S2/c1-10(2)9-17(13-6-7-13)21(18,19)14-8-12(15(16)20)5-4-11(14)3/h4-5,8,10,13H,6-7,9H2,1-3H3,(H2,16,20). The van der Waals surface area contributed by atoms with Crippen molar-refractivity contribution in [2.45, 2.75) is 44.6 Å². The fourth-order valence-electron chi connectivity index (χ4n) is 2.32. The zero-order chi connectivity index (χ0) is 15.8. The quantitative estimate of drug-likeness (QED) is 0.816. The molecule has 2 rings (SSSR count). The Morgan fingerprint density at radius 3 is 2.52 bits per heavy atom. The van der Waals surface area contributed by atoms with Crippen LogP contribution in [0.5, 0.6) is 0 Å². The lowest BCUT2D eigenvalue weighted by Gasteiger charge is -2.25. The third-order valence-electron chi connectivity index (χ3n) is 3.56. The molecular formula is C15H22N2O2S2. The average molecular weight is 326 g/mol. The van der Waals surface area contributed by atoms with Crippen LogP contribution in [-0.4, -0.2) is 30.3 Å². The SMILES string of the molecule is Cc1ccc(C(N)=S)cc1S(=O)(=O)N(CC(C)C)C1CC1. The highest BCUT2D eigenvalue weighted by Gasteiger charge is 2.38. The summed E-state index contributed by atoms with van der Waals surface area (Å²) in [4.78, 5) is 0.536. The molecule has 0 heterocycles. The number of benzene rings is 1. The van der Waals surface area contributed by atoms with Gasteiger partial charge in [0.1, 0.15) is 4.99 Å². The molecule has 0 bridgehead atoms. The van der Waals surface area contributed by atoms with E-state index in [9.17, 15) is 8.42 Å². The Kier molecular flexibility index (Phi) is 4.70. The molecule has 0 atom stereocenters. The summed E-state index contributed by atoms with van der Waals surface area (Å²) < 4.78 is 27.6. The molecule has 116 valence electrons. The van der Waals surface area contributed by atoms with Crippen LogP contribution in [0.15, 0.2) is 23.1 Å². The first-order valence-electron chi connectivity index (χ1n) is 7.15. The van der Waals surface area contributed by atoms with Crippen LogP contribution in [0.3, 0.4) is 0 Å². The highest BCUT2D eigenvalue weighted by atomic mass is 32.2. The minimum absolute atomic E-state index is 0.144. The molecule has 1 aliphatic rings. The number of thiocarbonyl (C=S) groups is 1. The van der Waals surface area contributed by atoms with Crippen molar-refractivity contribution in [1.29, 1.82) is 0 Å². The van der Waals surface area contributed by atoms with E-state index in [1.54, 1.807) is 29.4 Å². The van der Waals surface area contributed by atoms with E-state index in [0.717, 1.165) is 18.4 Å². The summed E-state index contributed by atoms with van der Waals surface area (Å²) in [5.74, 6) is 0.291. The van der Waals surface area contributed by atoms with E-state index in [1.807, 2.05) is 13.8 Å². The van der Waals surface area contributed by atoms with Crippen molar-refractivity contribution >= 4 is 27.2 Å². The summed E-state index contributed by atoms with van der Waals surface area (Å²) in [6.45, 7) is 6.41. The van der Waals surface area contributed by atoms with Gasteiger partial charge >= 0.3 is 0 Å². The van der Waals surface area contributed by atoms with Crippen molar-refractivity contribution in [2.75, 3.05) is 6.54 Å². The van der Waals surface area contributed by atoms with Crippen molar-refractivity contribution in [1.82, 2.24) is 4.31 Å². The molecular weight excluding hydrogens is 304 g/mol. The van der Waals surface area contributed by atoms with Crippen LogP contribution in [0.4, 0.5) is 0 Å². The van der Waals surface area contributed by atoms with Gasteiger partial charge in [-0.1, -0.05) is 38.2 Å². The van der Waals surface area contributed by atoms with Gasteiger partial charge in [-0.15, -0.1) is 0 Å². The van der Waals surface area contributed by atoms with Crippen LogP contribution in [0.25, 0.3) is 0 Å². The fraction of sp³-hybridized carbons (Fsp3) is 0.533. The van der Waals surface area contributed by atoms with Crippen molar-refractivity contribution in [3.8, 4) is 0 Å². The lowest BCUT2D eigenvalue weighted by molar-refractivity contribution is 0.360.